The van der Waals surface area contributed by atoms with Crippen LogP contribution in [0, 0.1) is 0 Å². The lowest BCUT2D eigenvalue weighted by Crippen LogP contribution is -2.27. The summed E-state index contributed by atoms with van der Waals surface area (Å²) in [6.45, 7) is 2.65. The molecule has 1 N–H and O–H groups in total. The number of ether oxygens (including phenoxy) is 2. The van der Waals surface area contributed by atoms with Gasteiger partial charge in [-0.3, -0.25) is 0 Å². The summed E-state index contributed by atoms with van der Waals surface area (Å²) in [7, 11) is 0. The molecule has 0 aromatic heterocycles. The van der Waals surface area contributed by atoms with E-state index in [2.05, 4.69) is 0 Å². The number of hydrogen-bond donors (Lipinski definition) is 1. The van der Waals surface area contributed by atoms with Crippen molar-refractivity contribution in [3.63, 3.8) is 0 Å². The first-order chi connectivity index (χ1) is 10.8. The summed E-state index contributed by atoms with van der Waals surface area (Å²) in [6.07, 6.45) is -1.31. The van der Waals surface area contributed by atoms with Crippen LogP contribution in [-0.2, 0) is 3.07 Å². The zero-order valence-corrected chi connectivity index (χ0v) is 14.5. The standard InChI is InChI=1S/C17H19IO4/c1-2-20-15-10-6-7-11-16(15)22-17(14(19)12-21-18)13-8-4-3-5-9-13/h3-11,14,17,19H,2,12H2,1H3/t14-,17+/m1/s1. The van der Waals surface area contributed by atoms with E-state index in [9.17, 15) is 5.11 Å². The highest BCUT2D eigenvalue weighted by molar-refractivity contribution is 14.1. The number of para-hydroxylation sites is 2. The number of rotatable bonds is 8. The third kappa shape index (κ3) is 4.59. The molecule has 0 unspecified atom stereocenters. The van der Waals surface area contributed by atoms with Gasteiger partial charge in [0.25, 0.3) is 0 Å². The van der Waals surface area contributed by atoms with Crippen molar-refractivity contribution >= 4 is 23.0 Å². The summed E-state index contributed by atoms with van der Waals surface area (Å²) < 4.78 is 16.6. The van der Waals surface area contributed by atoms with Crippen molar-refractivity contribution in [2.75, 3.05) is 13.2 Å². The fourth-order valence-electron chi connectivity index (χ4n) is 2.12. The number of aliphatic hydroxyl groups excluding tert-OH is 1. The summed E-state index contributed by atoms with van der Waals surface area (Å²) >= 11 is 1.77. The Morgan fingerprint density at radius 2 is 1.64 bits per heavy atom. The fraction of sp³-hybridized carbons (Fsp3) is 0.294. The Morgan fingerprint density at radius 1 is 1.00 bits per heavy atom. The Morgan fingerprint density at radius 3 is 2.27 bits per heavy atom. The highest BCUT2D eigenvalue weighted by atomic mass is 127. The maximum atomic E-state index is 10.3. The van der Waals surface area contributed by atoms with Crippen LogP contribution in [0.25, 0.3) is 0 Å². The van der Waals surface area contributed by atoms with Crippen molar-refractivity contribution < 1.29 is 17.6 Å². The lowest BCUT2D eigenvalue weighted by Gasteiger charge is -2.25. The lowest BCUT2D eigenvalue weighted by molar-refractivity contribution is 0.0127. The molecule has 0 aliphatic carbocycles. The van der Waals surface area contributed by atoms with Gasteiger partial charge in [0, 0.05) is 0 Å². The Kier molecular flexibility index (Phi) is 6.95. The molecule has 4 nitrogen and oxygen atoms in total. The molecule has 0 fully saturated rings. The van der Waals surface area contributed by atoms with E-state index in [1.165, 1.54) is 0 Å². The van der Waals surface area contributed by atoms with E-state index in [0.717, 1.165) is 5.56 Å². The van der Waals surface area contributed by atoms with Gasteiger partial charge in [-0.05, 0) is 24.6 Å². The Balaban J connectivity index is 2.27. The Hall–Kier alpha value is -1.31. The maximum absolute atomic E-state index is 10.3. The van der Waals surface area contributed by atoms with Crippen molar-refractivity contribution in [2.24, 2.45) is 0 Å². The number of aliphatic hydroxyl groups is 1. The first-order valence-electron chi connectivity index (χ1n) is 7.11. The molecular formula is C17H19IO4. The van der Waals surface area contributed by atoms with Gasteiger partial charge in [-0.2, -0.15) is 0 Å². The molecular weight excluding hydrogens is 395 g/mol. The van der Waals surface area contributed by atoms with Gasteiger partial charge < -0.3 is 17.6 Å². The van der Waals surface area contributed by atoms with Gasteiger partial charge in [-0.25, -0.2) is 0 Å². The van der Waals surface area contributed by atoms with Crippen LogP contribution in [0.2, 0.25) is 0 Å². The SMILES string of the molecule is CCOc1ccccc1O[C@@H](c1ccccc1)[C@H](O)COI. The van der Waals surface area contributed by atoms with E-state index in [1.54, 1.807) is 23.0 Å². The first kappa shape index (κ1) is 17.1. The number of hydrogen-bond acceptors (Lipinski definition) is 4. The molecule has 0 aliphatic heterocycles. The quantitative estimate of drug-likeness (QED) is 0.666. The fourth-order valence-corrected chi connectivity index (χ4v) is 2.49. The molecule has 0 heterocycles. The average Bonchev–Trinajstić information content (AvgIpc) is 2.55. The maximum Gasteiger partial charge on any atom is 0.162 e. The molecule has 2 rings (SSSR count). The molecule has 2 aromatic rings. The molecule has 0 amide bonds. The van der Waals surface area contributed by atoms with Crippen molar-refractivity contribution in [3.05, 3.63) is 60.2 Å². The molecule has 0 spiro atoms. The summed E-state index contributed by atoms with van der Waals surface area (Å²) in [5.41, 5.74) is 0.884. The van der Waals surface area contributed by atoms with E-state index in [4.69, 9.17) is 12.5 Å². The molecule has 22 heavy (non-hydrogen) atoms. The second-order valence-electron chi connectivity index (χ2n) is 4.67. The van der Waals surface area contributed by atoms with E-state index in [0.29, 0.717) is 18.1 Å². The largest absolute Gasteiger partial charge is 0.490 e. The molecule has 2 atom stereocenters. The Labute approximate surface area is 144 Å². The molecule has 118 valence electrons. The van der Waals surface area contributed by atoms with E-state index < -0.39 is 12.2 Å². The van der Waals surface area contributed by atoms with Gasteiger partial charge in [0.2, 0.25) is 0 Å². The van der Waals surface area contributed by atoms with Crippen LogP contribution in [0.1, 0.15) is 18.6 Å². The summed E-state index contributed by atoms with van der Waals surface area (Å²) in [5, 5.41) is 10.3. The van der Waals surface area contributed by atoms with Gasteiger partial charge in [0.15, 0.2) is 17.6 Å². The van der Waals surface area contributed by atoms with Crippen molar-refractivity contribution in [3.8, 4) is 11.5 Å². The van der Waals surface area contributed by atoms with E-state index in [-0.39, 0.29) is 6.61 Å². The Bertz CT molecular complexity index is 562. The summed E-state index contributed by atoms with van der Waals surface area (Å²) in [6, 6.07) is 17.0. The van der Waals surface area contributed by atoms with Crippen molar-refractivity contribution in [2.45, 2.75) is 19.1 Å². The van der Waals surface area contributed by atoms with Crippen LogP contribution >= 0.6 is 23.0 Å². The van der Waals surface area contributed by atoms with Gasteiger partial charge in [-0.1, -0.05) is 42.5 Å². The topological polar surface area (TPSA) is 47.9 Å². The van der Waals surface area contributed by atoms with Gasteiger partial charge in [0.1, 0.15) is 29.1 Å². The normalized spacial score (nSPS) is 13.4. The molecule has 0 radical (unpaired) electrons. The number of halogens is 1. The zero-order chi connectivity index (χ0) is 15.8. The average molecular weight is 414 g/mol. The van der Waals surface area contributed by atoms with Crippen LogP contribution in [0.4, 0.5) is 0 Å². The third-order valence-corrected chi connectivity index (χ3v) is 3.47. The molecule has 0 bridgehead atoms. The summed E-state index contributed by atoms with van der Waals surface area (Å²) in [4.78, 5) is 0. The van der Waals surface area contributed by atoms with Gasteiger partial charge >= 0.3 is 0 Å². The van der Waals surface area contributed by atoms with Crippen LogP contribution in [0.5, 0.6) is 11.5 Å². The third-order valence-electron chi connectivity index (χ3n) is 3.11. The monoisotopic (exact) mass is 414 g/mol. The van der Waals surface area contributed by atoms with Crippen LogP contribution in [0.3, 0.4) is 0 Å². The predicted molar refractivity (Wildman–Crippen MR) is 93.4 cm³/mol. The van der Waals surface area contributed by atoms with E-state index in [1.807, 2.05) is 61.5 Å². The highest BCUT2D eigenvalue weighted by Crippen LogP contribution is 2.32. The van der Waals surface area contributed by atoms with Crippen molar-refractivity contribution in [1.29, 1.82) is 0 Å². The summed E-state index contributed by atoms with van der Waals surface area (Å²) in [5.74, 6) is 1.26. The minimum atomic E-state index is -0.783. The molecule has 2 aromatic carbocycles. The minimum Gasteiger partial charge on any atom is -0.490 e. The highest BCUT2D eigenvalue weighted by Gasteiger charge is 2.24. The van der Waals surface area contributed by atoms with Crippen molar-refractivity contribution in [1.82, 2.24) is 0 Å². The molecule has 0 saturated heterocycles. The predicted octanol–water partition coefficient (Wildman–Crippen LogP) is 3.93. The first-order valence-corrected chi connectivity index (χ1v) is 7.99. The van der Waals surface area contributed by atoms with Gasteiger partial charge in [0.05, 0.1) is 13.2 Å². The second kappa shape index (κ2) is 8.97. The molecule has 0 aliphatic rings. The molecule has 5 heteroatoms. The second-order valence-corrected chi connectivity index (χ2v) is 5.29. The van der Waals surface area contributed by atoms with Crippen LogP contribution < -0.4 is 9.47 Å². The number of benzene rings is 2. The van der Waals surface area contributed by atoms with Crippen LogP contribution in [-0.4, -0.2) is 24.4 Å². The molecule has 0 saturated carbocycles. The van der Waals surface area contributed by atoms with Gasteiger partial charge in [-0.15, -0.1) is 0 Å². The minimum absolute atomic E-state index is 0.178. The van der Waals surface area contributed by atoms with E-state index >= 15 is 0 Å². The zero-order valence-electron chi connectivity index (χ0n) is 12.3. The lowest BCUT2D eigenvalue weighted by atomic mass is 10.0. The smallest absolute Gasteiger partial charge is 0.162 e. The van der Waals surface area contributed by atoms with Crippen LogP contribution in [0.15, 0.2) is 54.6 Å².